The summed E-state index contributed by atoms with van der Waals surface area (Å²) in [7, 11) is 2.03. The van der Waals surface area contributed by atoms with Gasteiger partial charge in [0.2, 0.25) is 0 Å². The van der Waals surface area contributed by atoms with Crippen LogP contribution >= 0.6 is 0 Å². The number of rotatable bonds is 4. The summed E-state index contributed by atoms with van der Waals surface area (Å²) in [5.74, 6) is -0.120. The van der Waals surface area contributed by atoms with Gasteiger partial charge in [-0.2, -0.15) is 0 Å². The van der Waals surface area contributed by atoms with Crippen LogP contribution in [0.15, 0.2) is 0 Å². The van der Waals surface area contributed by atoms with Crippen LogP contribution in [0.3, 0.4) is 0 Å². The van der Waals surface area contributed by atoms with Crippen molar-refractivity contribution >= 4 is 5.97 Å². The maximum absolute atomic E-state index is 13.6. The van der Waals surface area contributed by atoms with E-state index in [9.17, 15) is 15.0 Å². The average molecular weight is 540 g/mol. The lowest BCUT2D eigenvalue weighted by atomic mass is 9.68. The predicted octanol–water partition coefficient (Wildman–Crippen LogP) is 6.07. The van der Waals surface area contributed by atoms with Gasteiger partial charge in [-0.05, 0) is 89.5 Å². The van der Waals surface area contributed by atoms with E-state index in [1.165, 1.54) is 6.42 Å². The summed E-state index contributed by atoms with van der Waals surface area (Å²) < 4.78 is 13.0. The highest BCUT2D eigenvalue weighted by Gasteiger charge is 2.42. The van der Waals surface area contributed by atoms with Crippen LogP contribution < -0.4 is 0 Å². The van der Waals surface area contributed by atoms with E-state index >= 15 is 0 Å². The van der Waals surface area contributed by atoms with Crippen LogP contribution in [0.4, 0.5) is 0 Å². The van der Waals surface area contributed by atoms with Gasteiger partial charge in [0.1, 0.15) is 6.10 Å². The first-order valence-electron chi connectivity index (χ1n) is 15.5. The molecule has 2 N–H and O–H groups in total. The molecule has 0 amide bonds. The Balaban J connectivity index is 2.40. The Morgan fingerprint density at radius 2 is 1.63 bits per heavy atom. The van der Waals surface area contributed by atoms with Crippen molar-refractivity contribution in [3.8, 4) is 0 Å². The Labute approximate surface area is 234 Å². The van der Waals surface area contributed by atoms with Gasteiger partial charge in [0, 0.05) is 18.5 Å². The minimum Gasteiger partial charge on any atom is -0.462 e. The molecule has 2 fully saturated rings. The molecule has 0 bridgehead atoms. The second-order valence-electron chi connectivity index (χ2n) is 14.3. The molecule has 1 saturated carbocycles. The van der Waals surface area contributed by atoms with Gasteiger partial charge in [-0.25, -0.2) is 0 Å². The number of nitrogens with zero attached hydrogens (tertiary/aromatic N) is 1. The Bertz CT molecular complexity index is 743. The number of carbonyl (C=O) groups is 1. The zero-order chi connectivity index (χ0) is 29.0. The van der Waals surface area contributed by atoms with E-state index in [0.717, 1.165) is 25.8 Å². The quantitative estimate of drug-likeness (QED) is 0.422. The molecular weight excluding hydrogens is 478 g/mol. The molecule has 1 heterocycles. The van der Waals surface area contributed by atoms with E-state index in [1.807, 2.05) is 41.7 Å². The average Bonchev–Trinajstić information content (AvgIpc) is 2.81. The Kier molecular flexibility index (Phi) is 12.2. The number of hydrogen-bond donors (Lipinski definition) is 2. The molecule has 38 heavy (non-hydrogen) atoms. The number of carbonyl (C=O) groups excluding carboxylic acids is 1. The molecule has 0 radical (unpaired) electrons. The van der Waals surface area contributed by atoms with Gasteiger partial charge < -0.3 is 24.6 Å². The molecule has 1 saturated heterocycles. The summed E-state index contributed by atoms with van der Waals surface area (Å²) in [6.07, 6.45) is 4.93. The molecule has 4 unspecified atom stereocenters. The molecule has 6 heteroatoms. The second kappa shape index (κ2) is 13.8. The zero-order valence-electron chi connectivity index (χ0n) is 26.5. The largest absolute Gasteiger partial charge is 0.462 e. The summed E-state index contributed by atoms with van der Waals surface area (Å²) in [4.78, 5) is 15.8. The second-order valence-corrected chi connectivity index (χ2v) is 14.3. The third kappa shape index (κ3) is 8.91. The van der Waals surface area contributed by atoms with Crippen molar-refractivity contribution in [2.45, 2.75) is 150 Å². The lowest BCUT2D eigenvalue weighted by Gasteiger charge is -2.44. The van der Waals surface area contributed by atoms with Crippen LogP contribution in [-0.4, -0.2) is 70.7 Å². The maximum atomic E-state index is 13.6. The van der Waals surface area contributed by atoms with Crippen molar-refractivity contribution in [1.82, 2.24) is 4.90 Å². The fourth-order valence-electron chi connectivity index (χ4n) is 7.69. The molecule has 0 aromatic carbocycles. The van der Waals surface area contributed by atoms with E-state index in [-0.39, 0.29) is 53.5 Å². The van der Waals surface area contributed by atoms with Crippen LogP contribution in [0.1, 0.15) is 114 Å². The van der Waals surface area contributed by atoms with Gasteiger partial charge in [-0.1, -0.05) is 54.9 Å². The zero-order valence-corrected chi connectivity index (χ0v) is 26.5. The minimum atomic E-state index is -0.885. The smallest absolute Gasteiger partial charge is 0.311 e. The highest BCUT2D eigenvalue weighted by atomic mass is 16.6. The number of aliphatic hydroxyl groups excluding tert-OH is 1. The Hall–Kier alpha value is -0.690. The third-order valence-electron chi connectivity index (χ3n) is 9.99. The molecule has 1 aliphatic carbocycles. The van der Waals surface area contributed by atoms with E-state index in [0.29, 0.717) is 25.2 Å². The molecular formula is C32H61NO5. The lowest BCUT2D eigenvalue weighted by Crippen LogP contribution is -2.48. The molecule has 2 aliphatic rings. The Morgan fingerprint density at radius 1 is 1.00 bits per heavy atom. The number of ether oxygens (including phenoxy) is 2. The van der Waals surface area contributed by atoms with E-state index in [2.05, 4.69) is 39.5 Å². The molecule has 2 rings (SSSR count). The van der Waals surface area contributed by atoms with Gasteiger partial charge in [0.05, 0.1) is 29.8 Å². The first-order chi connectivity index (χ1) is 17.5. The van der Waals surface area contributed by atoms with E-state index < -0.39 is 17.6 Å². The van der Waals surface area contributed by atoms with E-state index in [4.69, 9.17) is 9.47 Å². The maximum Gasteiger partial charge on any atom is 0.311 e. The van der Waals surface area contributed by atoms with Crippen LogP contribution in [0, 0.1) is 35.0 Å². The fourth-order valence-corrected chi connectivity index (χ4v) is 7.69. The van der Waals surface area contributed by atoms with Gasteiger partial charge in [0.25, 0.3) is 0 Å². The summed E-state index contributed by atoms with van der Waals surface area (Å²) in [6.45, 7) is 21.9. The Morgan fingerprint density at radius 3 is 2.21 bits per heavy atom. The molecule has 6 nitrogen and oxygen atoms in total. The molecule has 12 atom stereocenters. The van der Waals surface area contributed by atoms with Crippen molar-refractivity contribution < 1.29 is 24.5 Å². The molecule has 224 valence electrons. The normalized spacial score (nSPS) is 47.1. The number of hydrogen-bond acceptors (Lipinski definition) is 6. The first kappa shape index (κ1) is 33.5. The van der Waals surface area contributed by atoms with Crippen LogP contribution in [0.2, 0.25) is 0 Å². The summed E-state index contributed by atoms with van der Waals surface area (Å²) in [5.41, 5.74) is -0.637. The number of aliphatic hydroxyl groups is 2. The number of cyclic esters (lactones) is 1. The fraction of sp³-hybridized carbons (Fsp3) is 0.969. The standard InChI is InChI=1S/C32H61NO5/c1-12-27-23(6)28(34)25(8)33(11)19-21(4)16-32(10,36)17-22(5)29(24(7)30(35)38-27)37-26-14-20(3)15-31(9,13-2)18-26/h20-29,34,36H,12-19H2,1-11H3/t20?,21-,22-,23+,24?,25?,26-,27-,28?,29+,31+,32-/m1/s1. The molecule has 0 spiro atoms. The lowest BCUT2D eigenvalue weighted by molar-refractivity contribution is -0.173. The van der Waals surface area contributed by atoms with Gasteiger partial charge in [0.15, 0.2) is 0 Å². The van der Waals surface area contributed by atoms with Crippen LogP contribution in [-0.2, 0) is 14.3 Å². The number of likely N-dealkylation sites (N-methyl/N-ethyl adjacent to an activating group) is 1. The SMILES string of the molecule is CC[C@H]1OC(=O)C(C)[C@@H](O[C@@H]2CC(C)C[C@](C)(CC)C2)[C@H](C)C[C@](C)(O)C[C@@H](C)CN(C)C(C)C(O)[C@H]1C. The van der Waals surface area contributed by atoms with Crippen LogP contribution in [0.25, 0.3) is 0 Å². The van der Waals surface area contributed by atoms with Crippen molar-refractivity contribution in [2.24, 2.45) is 35.0 Å². The van der Waals surface area contributed by atoms with Crippen molar-refractivity contribution in [2.75, 3.05) is 13.6 Å². The summed E-state index contributed by atoms with van der Waals surface area (Å²) in [5, 5.41) is 22.7. The minimum absolute atomic E-state index is 0.0188. The topological polar surface area (TPSA) is 79.2 Å². The van der Waals surface area contributed by atoms with Crippen molar-refractivity contribution in [1.29, 1.82) is 0 Å². The predicted molar refractivity (Wildman–Crippen MR) is 155 cm³/mol. The summed E-state index contributed by atoms with van der Waals surface area (Å²) >= 11 is 0. The molecule has 0 aromatic heterocycles. The van der Waals surface area contributed by atoms with Gasteiger partial charge >= 0.3 is 5.97 Å². The van der Waals surface area contributed by atoms with Gasteiger partial charge in [-0.15, -0.1) is 0 Å². The number of esters is 1. The first-order valence-corrected chi connectivity index (χ1v) is 15.5. The van der Waals surface area contributed by atoms with Crippen molar-refractivity contribution in [3.05, 3.63) is 0 Å². The van der Waals surface area contributed by atoms with Gasteiger partial charge in [-0.3, -0.25) is 4.79 Å². The highest BCUT2D eigenvalue weighted by Crippen LogP contribution is 2.44. The van der Waals surface area contributed by atoms with E-state index in [1.54, 1.807) is 0 Å². The molecule has 1 aliphatic heterocycles. The monoisotopic (exact) mass is 539 g/mol. The third-order valence-corrected chi connectivity index (χ3v) is 9.99. The van der Waals surface area contributed by atoms with Crippen LogP contribution in [0.5, 0.6) is 0 Å². The highest BCUT2D eigenvalue weighted by molar-refractivity contribution is 5.73. The molecule has 0 aromatic rings. The summed E-state index contributed by atoms with van der Waals surface area (Å²) in [6, 6.07) is -0.0936. The van der Waals surface area contributed by atoms with Crippen molar-refractivity contribution in [3.63, 3.8) is 0 Å².